The molecule has 0 saturated heterocycles. The first kappa shape index (κ1) is 8.67. The number of anilines is 1. The number of nitrogens with two attached hydrogens (primary N) is 1. The summed E-state index contributed by atoms with van der Waals surface area (Å²) in [5.74, 6) is 0. The molecule has 1 rings (SSSR count). The number of hydrogen-bond acceptors (Lipinski definition) is 2. The summed E-state index contributed by atoms with van der Waals surface area (Å²) in [6, 6.07) is 6.99. The average molecular weight is 180 g/mol. The molecule has 0 spiro atoms. The van der Waals surface area contributed by atoms with Gasteiger partial charge in [-0.05, 0) is 24.3 Å². The van der Waals surface area contributed by atoms with E-state index >= 15 is 0 Å². The number of hydrogen-bond donors (Lipinski definition) is 2. The van der Waals surface area contributed by atoms with Gasteiger partial charge in [0.25, 0.3) is 0 Å². The minimum Gasteiger partial charge on any atom is -0.389 e. The van der Waals surface area contributed by atoms with Crippen LogP contribution in [-0.4, -0.2) is 11.4 Å². The summed E-state index contributed by atoms with van der Waals surface area (Å²) in [6.07, 6.45) is 0.621. The van der Waals surface area contributed by atoms with Crippen molar-refractivity contribution in [3.63, 3.8) is 0 Å². The molecule has 0 aliphatic carbocycles. The number of benzene rings is 1. The Morgan fingerprint density at radius 1 is 1.42 bits per heavy atom. The summed E-state index contributed by atoms with van der Waals surface area (Å²) in [4.78, 5) is 10.4. The van der Waals surface area contributed by atoms with E-state index in [1.807, 2.05) is 0 Å². The summed E-state index contributed by atoms with van der Waals surface area (Å²) >= 11 is 4.76. The monoisotopic (exact) mass is 180 g/mol. The van der Waals surface area contributed by atoms with Crippen LogP contribution in [0.15, 0.2) is 24.3 Å². The van der Waals surface area contributed by atoms with Gasteiger partial charge >= 0.3 is 0 Å². The minimum atomic E-state index is 0.354. The van der Waals surface area contributed by atoms with Gasteiger partial charge in [-0.1, -0.05) is 12.2 Å². The van der Waals surface area contributed by atoms with Crippen molar-refractivity contribution in [1.82, 2.24) is 0 Å². The van der Waals surface area contributed by atoms with E-state index in [9.17, 15) is 4.79 Å². The van der Waals surface area contributed by atoms with Crippen LogP contribution in [0.4, 0.5) is 5.69 Å². The first-order valence-corrected chi connectivity index (χ1v) is 3.75. The number of rotatable bonds is 3. The highest BCUT2D eigenvalue weighted by Gasteiger charge is 1.94. The van der Waals surface area contributed by atoms with Crippen LogP contribution in [0.1, 0.15) is 5.56 Å². The molecule has 0 atom stereocenters. The Morgan fingerprint density at radius 3 is 2.42 bits per heavy atom. The van der Waals surface area contributed by atoms with Crippen molar-refractivity contribution in [2.75, 3.05) is 5.32 Å². The van der Waals surface area contributed by atoms with Crippen molar-refractivity contribution in [3.05, 3.63) is 29.8 Å². The molecule has 1 aromatic rings. The highest BCUT2D eigenvalue weighted by Crippen LogP contribution is 2.07. The van der Waals surface area contributed by atoms with Crippen LogP contribution in [0, 0.1) is 0 Å². The molecule has 0 bridgehead atoms. The fraction of sp³-hybridized carbons (Fsp3) is 0. The Kier molecular flexibility index (Phi) is 2.76. The van der Waals surface area contributed by atoms with Gasteiger partial charge in [0.1, 0.15) is 4.99 Å². The Bertz CT molecular complexity index is 294. The minimum absolute atomic E-state index is 0.354. The van der Waals surface area contributed by atoms with Crippen molar-refractivity contribution < 1.29 is 4.79 Å². The van der Waals surface area contributed by atoms with Crippen LogP contribution in [0.2, 0.25) is 0 Å². The molecule has 4 heteroatoms. The van der Waals surface area contributed by atoms with Gasteiger partial charge in [-0.25, -0.2) is 0 Å². The molecule has 3 N–H and O–H groups in total. The average Bonchev–Trinajstić information content (AvgIpc) is 2.06. The SMILES string of the molecule is NC(=S)c1ccc(NC=O)cc1. The summed E-state index contributed by atoms with van der Waals surface area (Å²) in [6.45, 7) is 0. The standard InChI is InChI=1S/C8H8N2OS/c9-8(12)6-1-3-7(4-2-6)10-5-11/h1-5H,(H2,9,12)(H,10,11). The van der Waals surface area contributed by atoms with Crippen molar-refractivity contribution in [1.29, 1.82) is 0 Å². The summed E-state index contributed by atoms with van der Waals surface area (Å²) < 4.78 is 0. The van der Waals surface area contributed by atoms with Crippen molar-refractivity contribution in [2.45, 2.75) is 0 Å². The van der Waals surface area contributed by atoms with E-state index in [4.69, 9.17) is 18.0 Å². The molecule has 0 aliphatic heterocycles. The predicted octanol–water partition coefficient (Wildman–Crippen LogP) is 0.889. The van der Waals surface area contributed by atoms with E-state index in [-0.39, 0.29) is 0 Å². The smallest absolute Gasteiger partial charge is 0.211 e. The second kappa shape index (κ2) is 3.82. The molecule has 0 unspecified atom stereocenters. The first-order chi connectivity index (χ1) is 5.74. The maximum atomic E-state index is 10.0. The Labute approximate surface area is 75.6 Å². The molecule has 0 aliphatic rings. The molecule has 12 heavy (non-hydrogen) atoms. The van der Waals surface area contributed by atoms with Crippen molar-refractivity contribution in [2.24, 2.45) is 5.73 Å². The van der Waals surface area contributed by atoms with E-state index in [2.05, 4.69) is 5.32 Å². The zero-order valence-corrected chi connectivity index (χ0v) is 7.10. The molecular weight excluding hydrogens is 172 g/mol. The van der Waals surface area contributed by atoms with Crippen molar-refractivity contribution in [3.8, 4) is 0 Å². The maximum Gasteiger partial charge on any atom is 0.211 e. The molecule has 0 radical (unpaired) electrons. The van der Waals surface area contributed by atoms with E-state index in [0.717, 1.165) is 11.3 Å². The third-order valence-corrected chi connectivity index (χ3v) is 1.63. The zero-order chi connectivity index (χ0) is 8.97. The van der Waals surface area contributed by atoms with Crippen LogP contribution < -0.4 is 11.1 Å². The van der Waals surface area contributed by atoms with Crippen LogP contribution >= 0.6 is 12.2 Å². The molecular formula is C8H8N2OS. The number of amides is 1. The molecule has 1 aromatic carbocycles. The molecule has 0 heterocycles. The van der Waals surface area contributed by atoms with Gasteiger partial charge in [-0.3, -0.25) is 4.79 Å². The Balaban J connectivity index is 2.85. The zero-order valence-electron chi connectivity index (χ0n) is 6.28. The second-order valence-corrected chi connectivity index (χ2v) is 2.64. The van der Waals surface area contributed by atoms with E-state index in [0.29, 0.717) is 11.4 Å². The lowest BCUT2D eigenvalue weighted by Gasteiger charge is -1.99. The van der Waals surface area contributed by atoms with Gasteiger partial charge in [0.05, 0.1) is 0 Å². The fourth-order valence-corrected chi connectivity index (χ4v) is 0.935. The first-order valence-electron chi connectivity index (χ1n) is 3.34. The molecule has 0 fully saturated rings. The molecule has 3 nitrogen and oxygen atoms in total. The van der Waals surface area contributed by atoms with Gasteiger partial charge < -0.3 is 11.1 Å². The van der Waals surface area contributed by atoms with E-state index in [1.54, 1.807) is 24.3 Å². The fourth-order valence-electron chi connectivity index (χ4n) is 0.799. The second-order valence-electron chi connectivity index (χ2n) is 2.20. The van der Waals surface area contributed by atoms with Crippen LogP contribution in [-0.2, 0) is 4.79 Å². The lowest BCUT2D eigenvalue weighted by molar-refractivity contribution is -0.105. The predicted molar refractivity (Wildman–Crippen MR) is 52.0 cm³/mol. The van der Waals surface area contributed by atoms with Crippen LogP contribution in [0.5, 0.6) is 0 Å². The quantitative estimate of drug-likeness (QED) is 0.536. The largest absolute Gasteiger partial charge is 0.389 e. The highest BCUT2D eigenvalue weighted by atomic mass is 32.1. The lowest BCUT2D eigenvalue weighted by Crippen LogP contribution is -2.08. The molecule has 62 valence electrons. The van der Waals surface area contributed by atoms with E-state index in [1.165, 1.54) is 0 Å². The Morgan fingerprint density at radius 2 is 2.00 bits per heavy atom. The van der Waals surface area contributed by atoms with Gasteiger partial charge in [0.15, 0.2) is 0 Å². The summed E-state index contributed by atoms with van der Waals surface area (Å²) in [5.41, 5.74) is 6.90. The normalized spacial score (nSPS) is 9.00. The topological polar surface area (TPSA) is 55.1 Å². The van der Waals surface area contributed by atoms with Gasteiger partial charge in [-0.15, -0.1) is 0 Å². The molecule has 0 aromatic heterocycles. The lowest BCUT2D eigenvalue weighted by atomic mass is 10.2. The number of thiocarbonyl (C=S) groups is 1. The van der Waals surface area contributed by atoms with Gasteiger partial charge in [0.2, 0.25) is 6.41 Å². The number of carbonyl (C=O) groups is 1. The Hall–Kier alpha value is -1.42. The number of nitrogens with one attached hydrogen (secondary N) is 1. The van der Waals surface area contributed by atoms with E-state index < -0.39 is 0 Å². The van der Waals surface area contributed by atoms with Gasteiger partial charge in [0, 0.05) is 11.3 Å². The molecule has 1 amide bonds. The third-order valence-electron chi connectivity index (χ3n) is 1.40. The third kappa shape index (κ3) is 2.03. The summed E-state index contributed by atoms with van der Waals surface area (Å²) in [7, 11) is 0. The van der Waals surface area contributed by atoms with Crippen molar-refractivity contribution >= 4 is 29.3 Å². The van der Waals surface area contributed by atoms with Gasteiger partial charge in [-0.2, -0.15) is 0 Å². The number of carbonyl (C=O) groups excluding carboxylic acids is 1. The summed E-state index contributed by atoms with van der Waals surface area (Å²) in [5, 5.41) is 2.51. The maximum absolute atomic E-state index is 10.0. The molecule has 0 saturated carbocycles. The highest BCUT2D eigenvalue weighted by molar-refractivity contribution is 7.80. The van der Waals surface area contributed by atoms with Crippen LogP contribution in [0.3, 0.4) is 0 Å². The van der Waals surface area contributed by atoms with Crippen LogP contribution in [0.25, 0.3) is 0 Å².